The van der Waals surface area contributed by atoms with Gasteiger partial charge in [0, 0.05) is 5.56 Å². The number of nitrogens with zero attached hydrogens (tertiary/aromatic N) is 1. The molecule has 16 heavy (non-hydrogen) atoms. The summed E-state index contributed by atoms with van der Waals surface area (Å²) in [6.07, 6.45) is 5.06. The highest BCUT2D eigenvalue weighted by Crippen LogP contribution is 2.11. The lowest BCUT2D eigenvalue weighted by molar-refractivity contribution is 0.348. The number of aryl methyl sites for hydroxylation is 1. The van der Waals surface area contributed by atoms with Gasteiger partial charge in [0.2, 0.25) is 5.90 Å². The maximum atomic E-state index is 5.43. The third-order valence-electron chi connectivity index (χ3n) is 2.86. The van der Waals surface area contributed by atoms with Crippen molar-refractivity contribution >= 4 is 5.90 Å². The van der Waals surface area contributed by atoms with Gasteiger partial charge >= 0.3 is 0 Å². The molecule has 86 valence electrons. The van der Waals surface area contributed by atoms with Gasteiger partial charge in [-0.25, -0.2) is 4.99 Å². The number of hydrogen-bond donors (Lipinski definition) is 0. The number of ether oxygens (including phenoxy) is 1. The highest BCUT2D eigenvalue weighted by atomic mass is 16.5. The lowest BCUT2D eigenvalue weighted by atomic mass is 10.1. The molecule has 2 nitrogen and oxygen atoms in total. The van der Waals surface area contributed by atoms with Crippen molar-refractivity contribution in [3.05, 3.63) is 35.4 Å². The zero-order valence-electron chi connectivity index (χ0n) is 9.91. The molecule has 1 aromatic rings. The first-order valence-corrected chi connectivity index (χ1v) is 6.16. The fraction of sp³-hybridized carbons (Fsp3) is 0.500. The van der Waals surface area contributed by atoms with Crippen LogP contribution in [-0.4, -0.2) is 19.0 Å². The fourth-order valence-corrected chi connectivity index (χ4v) is 1.90. The molecule has 2 rings (SSSR count). The van der Waals surface area contributed by atoms with Crippen LogP contribution >= 0.6 is 0 Å². The zero-order chi connectivity index (χ0) is 11.2. The molecule has 2 heteroatoms. The van der Waals surface area contributed by atoms with Crippen molar-refractivity contribution in [2.75, 3.05) is 13.2 Å². The van der Waals surface area contributed by atoms with Gasteiger partial charge in [-0.2, -0.15) is 0 Å². The van der Waals surface area contributed by atoms with Crippen LogP contribution in [0.25, 0.3) is 0 Å². The summed E-state index contributed by atoms with van der Waals surface area (Å²) in [5.74, 6) is 0.806. The van der Waals surface area contributed by atoms with Crippen molar-refractivity contribution in [3.63, 3.8) is 0 Å². The standard InChI is InChI=1S/C14H19NO/c1-2-3-4-5-12-6-8-13(9-7-12)14-15-10-11-16-14/h6-9H,2-5,10-11H2,1H3. The largest absolute Gasteiger partial charge is 0.476 e. The Hall–Kier alpha value is -1.31. The van der Waals surface area contributed by atoms with E-state index in [9.17, 15) is 0 Å². The van der Waals surface area contributed by atoms with Gasteiger partial charge in [0.15, 0.2) is 0 Å². The summed E-state index contributed by atoms with van der Waals surface area (Å²) < 4.78 is 5.43. The average molecular weight is 217 g/mol. The molecule has 0 saturated carbocycles. The van der Waals surface area contributed by atoms with Crippen LogP contribution in [0.5, 0.6) is 0 Å². The number of unbranched alkanes of at least 4 members (excludes halogenated alkanes) is 2. The minimum Gasteiger partial charge on any atom is -0.476 e. The first-order valence-electron chi connectivity index (χ1n) is 6.16. The Labute approximate surface area is 97.4 Å². The molecule has 0 amide bonds. The molecule has 0 aromatic heterocycles. The van der Waals surface area contributed by atoms with Crippen molar-refractivity contribution < 1.29 is 4.74 Å². The average Bonchev–Trinajstić information content (AvgIpc) is 2.84. The van der Waals surface area contributed by atoms with Crippen LogP contribution in [0.4, 0.5) is 0 Å². The molecule has 1 aromatic carbocycles. The van der Waals surface area contributed by atoms with Gasteiger partial charge in [0.05, 0.1) is 6.54 Å². The smallest absolute Gasteiger partial charge is 0.216 e. The normalized spacial score (nSPS) is 14.7. The summed E-state index contributed by atoms with van der Waals surface area (Å²) in [5, 5.41) is 0. The van der Waals surface area contributed by atoms with Crippen molar-refractivity contribution in [1.82, 2.24) is 0 Å². The second-order valence-electron chi connectivity index (χ2n) is 4.19. The summed E-state index contributed by atoms with van der Waals surface area (Å²) in [6.45, 7) is 3.76. The highest BCUT2D eigenvalue weighted by Gasteiger charge is 2.09. The van der Waals surface area contributed by atoms with Crippen LogP contribution in [0, 0.1) is 0 Å². The number of aliphatic imine (C=N–C) groups is 1. The summed E-state index contributed by atoms with van der Waals surface area (Å²) in [7, 11) is 0. The minimum atomic E-state index is 0.730. The molecule has 0 atom stereocenters. The monoisotopic (exact) mass is 217 g/mol. The second-order valence-corrected chi connectivity index (χ2v) is 4.19. The van der Waals surface area contributed by atoms with Crippen molar-refractivity contribution in [2.24, 2.45) is 4.99 Å². The van der Waals surface area contributed by atoms with Crippen LogP contribution in [-0.2, 0) is 11.2 Å². The van der Waals surface area contributed by atoms with Gasteiger partial charge in [-0.05, 0) is 30.5 Å². The molecular formula is C14H19NO. The van der Waals surface area contributed by atoms with Crippen molar-refractivity contribution in [2.45, 2.75) is 32.6 Å². The molecular weight excluding hydrogens is 198 g/mol. The summed E-state index contributed by atoms with van der Waals surface area (Å²) in [6, 6.07) is 8.61. The Morgan fingerprint density at radius 3 is 2.62 bits per heavy atom. The van der Waals surface area contributed by atoms with Gasteiger partial charge in [-0.1, -0.05) is 31.9 Å². The van der Waals surface area contributed by atoms with E-state index in [4.69, 9.17) is 4.74 Å². The Balaban J connectivity index is 1.93. The first-order chi connectivity index (χ1) is 7.90. The lowest BCUT2D eigenvalue weighted by Gasteiger charge is -2.04. The molecule has 0 fully saturated rings. The van der Waals surface area contributed by atoms with E-state index in [1.807, 2.05) is 0 Å². The van der Waals surface area contributed by atoms with Crippen LogP contribution in [0.15, 0.2) is 29.3 Å². The Bertz CT molecular complexity index is 354. The Morgan fingerprint density at radius 1 is 1.19 bits per heavy atom. The van der Waals surface area contributed by atoms with Crippen LogP contribution < -0.4 is 0 Å². The van der Waals surface area contributed by atoms with E-state index in [0.29, 0.717) is 0 Å². The van der Waals surface area contributed by atoms with E-state index in [-0.39, 0.29) is 0 Å². The predicted molar refractivity (Wildman–Crippen MR) is 67.0 cm³/mol. The quantitative estimate of drug-likeness (QED) is 0.694. The SMILES string of the molecule is CCCCCc1ccc(C2=NCCO2)cc1. The Kier molecular flexibility index (Phi) is 3.97. The van der Waals surface area contributed by atoms with Crippen molar-refractivity contribution in [1.29, 1.82) is 0 Å². The zero-order valence-corrected chi connectivity index (χ0v) is 9.91. The highest BCUT2D eigenvalue weighted by molar-refractivity contribution is 5.94. The van der Waals surface area contributed by atoms with Gasteiger partial charge in [0.25, 0.3) is 0 Å². The molecule has 1 heterocycles. The van der Waals surface area contributed by atoms with E-state index >= 15 is 0 Å². The van der Waals surface area contributed by atoms with E-state index in [0.717, 1.165) is 24.6 Å². The maximum absolute atomic E-state index is 5.43. The van der Waals surface area contributed by atoms with Crippen LogP contribution in [0.2, 0.25) is 0 Å². The fourth-order valence-electron chi connectivity index (χ4n) is 1.90. The molecule has 0 unspecified atom stereocenters. The van der Waals surface area contributed by atoms with E-state index < -0.39 is 0 Å². The second kappa shape index (κ2) is 5.69. The summed E-state index contributed by atoms with van der Waals surface area (Å²) in [4.78, 5) is 4.31. The topological polar surface area (TPSA) is 21.6 Å². The molecule has 0 radical (unpaired) electrons. The molecule has 0 bridgehead atoms. The first kappa shape index (κ1) is 11.2. The molecule has 1 aliphatic rings. The number of rotatable bonds is 5. The maximum Gasteiger partial charge on any atom is 0.216 e. The molecule has 0 spiro atoms. The molecule has 1 aliphatic heterocycles. The van der Waals surface area contributed by atoms with Gasteiger partial charge < -0.3 is 4.74 Å². The van der Waals surface area contributed by atoms with Gasteiger partial charge in [-0.3, -0.25) is 0 Å². The predicted octanol–water partition coefficient (Wildman–Crippen LogP) is 3.20. The molecule has 0 N–H and O–H groups in total. The van der Waals surface area contributed by atoms with Crippen LogP contribution in [0.1, 0.15) is 37.3 Å². The summed E-state index contributed by atoms with van der Waals surface area (Å²) in [5.41, 5.74) is 2.52. The molecule has 0 aliphatic carbocycles. The molecule has 0 saturated heterocycles. The van der Waals surface area contributed by atoms with E-state index in [2.05, 4.69) is 36.2 Å². The number of benzene rings is 1. The van der Waals surface area contributed by atoms with Gasteiger partial charge in [0.1, 0.15) is 6.61 Å². The minimum absolute atomic E-state index is 0.730. The third-order valence-corrected chi connectivity index (χ3v) is 2.86. The Morgan fingerprint density at radius 2 is 2.00 bits per heavy atom. The summed E-state index contributed by atoms with van der Waals surface area (Å²) >= 11 is 0. The third kappa shape index (κ3) is 2.84. The van der Waals surface area contributed by atoms with E-state index in [1.165, 1.54) is 31.2 Å². The lowest BCUT2D eigenvalue weighted by Crippen LogP contribution is -2.00. The van der Waals surface area contributed by atoms with Gasteiger partial charge in [-0.15, -0.1) is 0 Å². The van der Waals surface area contributed by atoms with E-state index in [1.54, 1.807) is 0 Å². The van der Waals surface area contributed by atoms with Crippen LogP contribution in [0.3, 0.4) is 0 Å². The number of hydrogen-bond acceptors (Lipinski definition) is 2. The van der Waals surface area contributed by atoms with Crippen molar-refractivity contribution in [3.8, 4) is 0 Å².